The number of amides is 2. The minimum absolute atomic E-state index is 0.0407. The Kier molecular flexibility index (Phi) is 7.37. The number of carbonyl (C=O) groups excluding carboxylic acids is 2. The Morgan fingerprint density at radius 1 is 1.17 bits per heavy atom. The van der Waals surface area contributed by atoms with Gasteiger partial charge in [0.2, 0.25) is 21.8 Å². The number of nitrogens with zero attached hydrogens (tertiary/aromatic N) is 4. The van der Waals surface area contributed by atoms with Crippen LogP contribution in [0.4, 0.5) is 0 Å². The van der Waals surface area contributed by atoms with Crippen molar-refractivity contribution in [2.45, 2.75) is 31.6 Å². The van der Waals surface area contributed by atoms with E-state index in [0.29, 0.717) is 30.9 Å². The van der Waals surface area contributed by atoms with Crippen molar-refractivity contribution in [3.05, 3.63) is 24.0 Å². The summed E-state index contributed by atoms with van der Waals surface area (Å²) in [4.78, 5) is 29.7. The molecule has 0 bridgehead atoms. The van der Waals surface area contributed by atoms with Crippen molar-refractivity contribution >= 4 is 32.9 Å². The minimum atomic E-state index is -3.56. The lowest BCUT2D eigenvalue weighted by Crippen LogP contribution is -2.36. The second kappa shape index (κ2) is 9.36. The molecule has 0 aliphatic heterocycles. The van der Waals surface area contributed by atoms with E-state index in [1.54, 1.807) is 46.1 Å². The molecule has 0 saturated heterocycles. The number of likely N-dealkylation sites (N-methyl/N-ethyl adjacent to an activating group) is 1. The Balaban J connectivity index is 2.15. The van der Waals surface area contributed by atoms with E-state index in [0.717, 1.165) is 5.52 Å². The van der Waals surface area contributed by atoms with Crippen LogP contribution in [0.25, 0.3) is 11.0 Å². The Morgan fingerprint density at radius 3 is 2.41 bits per heavy atom. The maximum Gasteiger partial charge on any atom is 0.243 e. The lowest BCUT2D eigenvalue weighted by atomic mass is 10.3. The maximum absolute atomic E-state index is 12.7. The SMILES string of the molecule is CCN(CC)S(=O)(=O)c1ccc2c(c1)nc(CCC(=O)NCC(=O)N(C)C)n2C. The third kappa shape index (κ3) is 5.13. The third-order valence-electron chi connectivity index (χ3n) is 4.80. The van der Waals surface area contributed by atoms with Gasteiger partial charge in [-0.25, -0.2) is 13.4 Å². The maximum atomic E-state index is 12.7. The molecule has 0 aliphatic carbocycles. The Hall–Kier alpha value is -2.46. The molecule has 0 spiro atoms. The summed E-state index contributed by atoms with van der Waals surface area (Å²) in [6.45, 7) is 4.36. The molecule has 0 saturated carbocycles. The molecule has 2 rings (SSSR count). The number of benzene rings is 1. The number of sulfonamides is 1. The summed E-state index contributed by atoms with van der Waals surface area (Å²) >= 11 is 0. The molecular weight excluding hydrogens is 394 g/mol. The first-order valence-corrected chi connectivity index (χ1v) is 11.0. The topological polar surface area (TPSA) is 105 Å². The van der Waals surface area contributed by atoms with Crippen LogP contribution in [0.5, 0.6) is 0 Å². The quantitative estimate of drug-likeness (QED) is 0.641. The predicted molar refractivity (Wildman–Crippen MR) is 111 cm³/mol. The fraction of sp³-hybridized carbons (Fsp3) is 0.526. The average Bonchev–Trinajstić information content (AvgIpc) is 3.00. The van der Waals surface area contributed by atoms with E-state index in [1.165, 1.54) is 9.21 Å². The molecule has 1 aromatic heterocycles. The zero-order chi connectivity index (χ0) is 21.8. The third-order valence-corrected chi connectivity index (χ3v) is 6.85. The molecule has 0 unspecified atom stereocenters. The van der Waals surface area contributed by atoms with E-state index >= 15 is 0 Å². The highest BCUT2D eigenvalue weighted by molar-refractivity contribution is 7.89. The van der Waals surface area contributed by atoms with Crippen LogP contribution in [-0.2, 0) is 33.1 Å². The molecule has 10 heteroatoms. The zero-order valence-corrected chi connectivity index (χ0v) is 18.4. The predicted octanol–water partition coefficient (Wildman–Crippen LogP) is 0.741. The van der Waals surface area contributed by atoms with Crippen molar-refractivity contribution in [1.29, 1.82) is 0 Å². The van der Waals surface area contributed by atoms with Crippen LogP contribution in [0.3, 0.4) is 0 Å². The van der Waals surface area contributed by atoms with Crippen molar-refractivity contribution in [3.63, 3.8) is 0 Å². The normalized spacial score (nSPS) is 11.8. The average molecular weight is 424 g/mol. The van der Waals surface area contributed by atoms with Crippen LogP contribution in [0.1, 0.15) is 26.1 Å². The lowest BCUT2D eigenvalue weighted by Gasteiger charge is -2.18. The van der Waals surface area contributed by atoms with Gasteiger partial charge in [-0.2, -0.15) is 4.31 Å². The van der Waals surface area contributed by atoms with Gasteiger partial charge in [0.25, 0.3) is 0 Å². The van der Waals surface area contributed by atoms with Crippen LogP contribution in [0.2, 0.25) is 0 Å². The van der Waals surface area contributed by atoms with E-state index in [9.17, 15) is 18.0 Å². The lowest BCUT2D eigenvalue weighted by molar-refractivity contribution is -0.130. The smallest absolute Gasteiger partial charge is 0.243 e. The molecule has 2 amide bonds. The van der Waals surface area contributed by atoms with Crippen molar-refractivity contribution in [1.82, 2.24) is 24.1 Å². The van der Waals surface area contributed by atoms with Crippen LogP contribution in [0, 0.1) is 0 Å². The largest absolute Gasteiger partial charge is 0.347 e. The fourth-order valence-electron chi connectivity index (χ4n) is 2.97. The molecule has 2 aromatic rings. The van der Waals surface area contributed by atoms with E-state index in [4.69, 9.17) is 0 Å². The number of hydrogen-bond donors (Lipinski definition) is 1. The van der Waals surface area contributed by atoms with Crippen molar-refractivity contribution in [2.75, 3.05) is 33.7 Å². The Labute approximate surface area is 171 Å². The molecule has 0 fully saturated rings. The van der Waals surface area contributed by atoms with E-state index < -0.39 is 10.0 Å². The first kappa shape index (κ1) is 22.8. The van der Waals surface area contributed by atoms with Gasteiger partial charge in [-0.1, -0.05) is 13.8 Å². The number of carbonyl (C=O) groups is 2. The first-order chi connectivity index (χ1) is 13.6. The number of rotatable bonds is 9. The fourth-order valence-corrected chi connectivity index (χ4v) is 4.45. The highest BCUT2D eigenvalue weighted by atomic mass is 32.2. The summed E-state index contributed by atoms with van der Waals surface area (Å²) in [6, 6.07) is 4.89. The monoisotopic (exact) mass is 423 g/mol. The molecular formula is C19H29N5O4S. The minimum Gasteiger partial charge on any atom is -0.347 e. The second-order valence-corrected chi connectivity index (χ2v) is 8.83. The van der Waals surface area contributed by atoms with Gasteiger partial charge in [0.1, 0.15) is 5.82 Å². The van der Waals surface area contributed by atoms with Gasteiger partial charge < -0.3 is 14.8 Å². The van der Waals surface area contributed by atoms with Crippen molar-refractivity contribution in [3.8, 4) is 0 Å². The summed E-state index contributed by atoms with van der Waals surface area (Å²) in [5, 5.41) is 2.59. The molecule has 0 aliphatic rings. The standard InChI is InChI=1S/C19H29N5O4S/c1-6-24(7-2)29(27,28)14-8-9-16-15(12-14)21-17(23(16)5)10-11-18(25)20-13-19(26)22(3)4/h8-9,12H,6-7,10-11,13H2,1-5H3,(H,20,25). The molecule has 160 valence electrons. The van der Waals surface area contributed by atoms with Crippen molar-refractivity contribution < 1.29 is 18.0 Å². The zero-order valence-electron chi connectivity index (χ0n) is 17.6. The molecule has 1 N–H and O–H groups in total. The molecule has 0 atom stereocenters. The van der Waals surface area contributed by atoms with Gasteiger partial charge in [-0.3, -0.25) is 9.59 Å². The van der Waals surface area contributed by atoms with Gasteiger partial charge in [-0.15, -0.1) is 0 Å². The molecule has 9 nitrogen and oxygen atoms in total. The van der Waals surface area contributed by atoms with Crippen LogP contribution < -0.4 is 5.32 Å². The number of aromatic nitrogens is 2. The van der Waals surface area contributed by atoms with E-state index in [2.05, 4.69) is 10.3 Å². The number of hydrogen-bond acceptors (Lipinski definition) is 5. The molecule has 1 heterocycles. The highest BCUT2D eigenvalue weighted by Crippen LogP contribution is 2.22. The summed E-state index contributed by atoms with van der Waals surface area (Å²) in [5.41, 5.74) is 1.36. The first-order valence-electron chi connectivity index (χ1n) is 9.54. The molecule has 0 radical (unpaired) electrons. The van der Waals surface area contributed by atoms with Gasteiger partial charge in [0, 0.05) is 47.1 Å². The van der Waals surface area contributed by atoms with Crippen LogP contribution in [-0.4, -0.2) is 72.7 Å². The summed E-state index contributed by atoms with van der Waals surface area (Å²) in [6.07, 6.45) is 0.563. The van der Waals surface area contributed by atoms with Crippen LogP contribution >= 0.6 is 0 Å². The summed E-state index contributed by atoms with van der Waals surface area (Å²) in [5.74, 6) is 0.256. The number of aryl methyl sites for hydroxylation is 2. The van der Waals surface area contributed by atoms with Crippen molar-refractivity contribution in [2.24, 2.45) is 7.05 Å². The Morgan fingerprint density at radius 2 is 1.83 bits per heavy atom. The highest BCUT2D eigenvalue weighted by Gasteiger charge is 2.22. The summed E-state index contributed by atoms with van der Waals surface area (Å²) < 4.78 is 28.7. The Bertz CT molecular complexity index is 993. The molecule has 1 aromatic carbocycles. The van der Waals surface area contributed by atoms with Gasteiger partial charge in [0.15, 0.2) is 0 Å². The molecule has 29 heavy (non-hydrogen) atoms. The summed E-state index contributed by atoms with van der Waals surface area (Å²) in [7, 11) is 1.52. The second-order valence-electron chi connectivity index (χ2n) is 6.89. The van der Waals surface area contributed by atoms with Gasteiger partial charge in [-0.05, 0) is 18.2 Å². The van der Waals surface area contributed by atoms with Gasteiger partial charge in [0.05, 0.1) is 22.5 Å². The van der Waals surface area contributed by atoms with E-state index in [1.807, 2.05) is 11.6 Å². The van der Waals surface area contributed by atoms with Gasteiger partial charge >= 0.3 is 0 Å². The van der Waals surface area contributed by atoms with E-state index in [-0.39, 0.29) is 29.7 Å². The number of nitrogens with one attached hydrogen (secondary N) is 1. The van der Waals surface area contributed by atoms with Crippen LogP contribution in [0.15, 0.2) is 23.1 Å². The number of fused-ring (bicyclic) bond motifs is 1. The number of imidazole rings is 1.